The molecule has 1 aromatic rings. The maximum atomic E-state index is 12.6. The molecule has 0 aromatic carbocycles. The number of hydrogen-bond acceptors (Lipinski definition) is 2. The molecule has 4 nitrogen and oxygen atoms in total. The van der Waals surface area contributed by atoms with Crippen molar-refractivity contribution >= 4 is 5.97 Å². The molecule has 3 unspecified atom stereocenters. The number of aromatic nitrogens is 2. The predicted octanol–water partition coefficient (Wildman–Crippen LogP) is 3.35. The number of hydrogen-bond donors (Lipinski definition) is 1. The Kier molecular flexibility index (Phi) is 4.06. The van der Waals surface area contributed by atoms with E-state index in [1.165, 1.54) is 4.68 Å². The van der Waals surface area contributed by atoms with Gasteiger partial charge in [-0.3, -0.25) is 9.48 Å². The van der Waals surface area contributed by atoms with E-state index < -0.39 is 29.7 Å². The van der Waals surface area contributed by atoms with Gasteiger partial charge in [-0.05, 0) is 25.2 Å². The van der Waals surface area contributed by atoms with Crippen molar-refractivity contribution in [3.63, 3.8) is 0 Å². The maximum absolute atomic E-state index is 12.6. The van der Waals surface area contributed by atoms with Crippen LogP contribution in [-0.2, 0) is 11.0 Å². The number of aliphatic carboxylic acids is 1. The van der Waals surface area contributed by atoms with Gasteiger partial charge < -0.3 is 5.11 Å². The second-order valence-corrected chi connectivity index (χ2v) is 5.31. The molecule has 0 amide bonds. The van der Waals surface area contributed by atoms with Gasteiger partial charge in [0.05, 0.1) is 23.7 Å². The normalized spacial score (nSPS) is 27.5. The Labute approximate surface area is 114 Å². The zero-order valence-corrected chi connectivity index (χ0v) is 11.1. The van der Waals surface area contributed by atoms with Gasteiger partial charge in [-0.1, -0.05) is 13.3 Å². The molecule has 7 heteroatoms. The first-order valence-electron chi connectivity index (χ1n) is 6.67. The standard InChI is InChI=1S/C13H17F3N2O2/c1-2-8-3-4-10(12(19)20)11(5-8)18-7-9(6-17-18)13(14,15)16/h6-8,10-11H,2-5H2,1H3,(H,19,20). The van der Waals surface area contributed by atoms with Gasteiger partial charge in [0.1, 0.15) is 0 Å². The summed E-state index contributed by atoms with van der Waals surface area (Å²) in [5, 5.41) is 13.0. The maximum Gasteiger partial charge on any atom is 0.419 e. The summed E-state index contributed by atoms with van der Waals surface area (Å²) in [6.45, 7) is 2.01. The van der Waals surface area contributed by atoms with Gasteiger partial charge in [0.15, 0.2) is 0 Å². The van der Waals surface area contributed by atoms with Crippen LogP contribution in [0.3, 0.4) is 0 Å². The second kappa shape index (κ2) is 5.46. The zero-order valence-electron chi connectivity index (χ0n) is 11.1. The molecule has 112 valence electrons. The summed E-state index contributed by atoms with van der Waals surface area (Å²) in [4.78, 5) is 11.3. The molecule has 0 radical (unpaired) electrons. The van der Waals surface area contributed by atoms with Crippen LogP contribution < -0.4 is 0 Å². The highest BCUT2D eigenvalue weighted by molar-refractivity contribution is 5.70. The summed E-state index contributed by atoms with van der Waals surface area (Å²) in [6.07, 6.45) is -0.0251. The summed E-state index contributed by atoms with van der Waals surface area (Å²) < 4.78 is 39.0. The minimum absolute atomic E-state index is 0.342. The molecule has 1 aromatic heterocycles. The Morgan fingerprint density at radius 1 is 1.50 bits per heavy atom. The van der Waals surface area contributed by atoms with Crippen molar-refractivity contribution in [1.29, 1.82) is 0 Å². The third-order valence-electron chi connectivity index (χ3n) is 4.09. The number of alkyl halides is 3. The average molecular weight is 290 g/mol. The Morgan fingerprint density at radius 3 is 2.70 bits per heavy atom. The minimum atomic E-state index is -4.45. The Balaban J connectivity index is 2.26. The molecule has 20 heavy (non-hydrogen) atoms. The van der Waals surface area contributed by atoms with E-state index in [9.17, 15) is 23.1 Å². The van der Waals surface area contributed by atoms with Crippen molar-refractivity contribution in [1.82, 2.24) is 9.78 Å². The lowest BCUT2D eigenvalue weighted by atomic mass is 9.77. The van der Waals surface area contributed by atoms with Gasteiger partial charge >= 0.3 is 12.1 Å². The van der Waals surface area contributed by atoms with Gasteiger partial charge in [0.2, 0.25) is 0 Å². The van der Waals surface area contributed by atoms with Crippen LogP contribution in [0.2, 0.25) is 0 Å². The highest BCUT2D eigenvalue weighted by atomic mass is 19.4. The molecule has 1 aliphatic carbocycles. The van der Waals surface area contributed by atoms with Crippen molar-refractivity contribution in [3.8, 4) is 0 Å². The molecular weight excluding hydrogens is 273 g/mol. The molecule has 0 bridgehead atoms. The average Bonchev–Trinajstić information content (AvgIpc) is 2.87. The van der Waals surface area contributed by atoms with Crippen LogP contribution in [0.4, 0.5) is 13.2 Å². The van der Waals surface area contributed by atoms with Crippen LogP contribution in [-0.4, -0.2) is 20.9 Å². The van der Waals surface area contributed by atoms with Crippen LogP contribution in [0.5, 0.6) is 0 Å². The molecule has 0 aliphatic heterocycles. The van der Waals surface area contributed by atoms with E-state index in [1.807, 2.05) is 6.92 Å². The van der Waals surface area contributed by atoms with Crippen LogP contribution >= 0.6 is 0 Å². The molecule has 0 saturated heterocycles. The molecule has 3 atom stereocenters. The van der Waals surface area contributed by atoms with Gasteiger partial charge in [-0.2, -0.15) is 18.3 Å². The highest BCUT2D eigenvalue weighted by Gasteiger charge is 2.38. The van der Waals surface area contributed by atoms with Crippen molar-refractivity contribution < 1.29 is 23.1 Å². The zero-order chi connectivity index (χ0) is 14.9. The Morgan fingerprint density at radius 2 is 2.20 bits per heavy atom. The van der Waals surface area contributed by atoms with E-state index in [0.29, 0.717) is 18.8 Å². The first-order chi connectivity index (χ1) is 9.32. The Hall–Kier alpha value is -1.53. The van der Waals surface area contributed by atoms with E-state index in [0.717, 1.165) is 25.2 Å². The van der Waals surface area contributed by atoms with Gasteiger partial charge in [0.25, 0.3) is 0 Å². The molecule has 1 saturated carbocycles. The van der Waals surface area contributed by atoms with Gasteiger partial charge in [0, 0.05) is 6.20 Å². The molecule has 1 N–H and O–H groups in total. The topological polar surface area (TPSA) is 55.1 Å². The van der Waals surface area contributed by atoms with Crippen LogP contribution in [0, 0.1) is 11.8 Å². The fraction of sp³-hybridized carbons (Fsp3) is 0.692. The van der Waals surface area contributed by atoms with Crippen molar-refractivity contribution in [2.24, 2.45) is 11.8 Å². The second-order valence-electron chi connectivity index (χ2n) is 5.31. The molecule has 2 rings (SSSR count). The van der Waals surface area contributed by atoms with E-state index >= 15 is 0 Å². The third kappa shape index (κ3) is 2.96. The molecule has 1 heterocycles. The van der Waals surface area contributed by atoms with E-state index in [4.69, 9.17) is 0 Å². The van der Waals surface area contributed by atoms with Crippen LogP contribution in [0.15, 0.2) is 12.4 Å². The van der Waals surface area contributed by atoms with E-state index in [2.05, 4.69) is 5.10 Å². The first-order valence-corrected chi connectivity index (χ1v) is 6.67. The summed E-state index contributed by atoms with van der Waals surface area (Å²) in [7, 11) is 0. The number of carboxylic acid groups (broad SMARTS) is 1. The number of halogens is 3. The molecular formula is C13H17F3N2O2. The van der Waals surface area contributed by atoms with Crippen LogP contribution in [0.1, 0.15) is 44.2 Å². The Bertz CT molecular complexity index is 484. The number of nitrogens with zero attached hydrogens (tertiary/aromatic N) is 2. The summed E-state index contributed by atoms with van der Waals surface area (Å²) in [5.41, 5.74) is -0.833. The largest absolute Gasteiger partial charge is 0.481 e. The van der Waals surface area contributed by atoms with Gasteiger partial charge in [-0.25, -0.2) is 0 Å². The monoisotopic (exact) mass is 290 g/mol. The minimum Gasteiger partial charge on any atom is -0.481 e. The number of carboxylic acids is 1. The smallest absolute Gasteiger partial charge is 0.419 e. The fourth-order valence-electron chi connectivity index (χ4n) is 2.85. The third-order valence-corrected chi connectivity index (χ3v) is 4.09. The quantitative estimate of drug-likeness (QED) is 0.928. The summed E-state index contributed by atoms with van der Waals surface area (Å²) in [6, 6.07) is -0.498. The van der Waals surface area contributed by atoms with E-state index in [1.54, 1.807) is 0 Å². The summed E-state index contributed by atoms with van der Waals surface area (Å²) in [5.74, 6) is -1.29. The first kappa shape index (κ1) is 14.9. The molecule has 0 spiro atoms. The molecule has 1 aliphatic rings. The number of carbonyl (C=O) groups is 1. The number of rotatable bonds is 3. The lowest BCUT2D eigenvalue weighted by Gasteiger charge is -2.33. The van der Waals surface area contributed by atoms with Gasteiger partial charge in [-0.15, -0.1) is 0 Å². The fourth-order valence-corrected chi connectivity index (χ4v) is 2.85. The highest BCUT2D eigenvalue weighted by Crippen LogP contribution is 2.39. The lowest BCUT2D eigenvalue weighted by molar-refractivity contribution is -0.145. The van der Waals surface area contributed by atoms with E-state index in [-0.39, 0.29) is 0 Å². The summed E-state index contributed by atoms with van der Waals surface area (Å²) >= 11 is 0. The predicted molar refractivity (Wildman–Crippen MR) is 65.0 cm³/mol. The van der Waals surface area contributed by atoms with Crippen LogP contribution in [0.25, 0.3) is 0 Å². The molecule has 1 fully saturated rings. The van der Waals surface area contributed by atoms with Crippen molar-refractivity contribution in [3.05, 3.63) is 18.0 Å². The van der Waals surface area contributed by atoms with Crippen molar-refractivity contribution in [2.75, 3.05) is 0 Å². The van der Waals surface area contributed by atoms with Crippen molar-refractivity contribution in [2.45, 2.75) is 44.8 Å². The lowest BCUT2D eigenvalue weighted by Crippen LogP contribution is -2.33. The SMILES string of the molecule is CCC1CCC(C(=O)O)C(n2cc(C(F)(F)F)cn2)C1.